The lowest BCUT2D eigenvalue weighted by atomic mass is 10.3. The van der Waals surface area contributed by atoms with E-state index in [-0.39, 0.29) is 0 Å². The van der Waals surface area contributed by atoms with E-state index < -0.39 is 0 Å². The Bertz CT molecular complexity index is 432. The van der Waals surface area contributed by atoms with Crippen LogP contribution in [0.1, 0.15) is 0 Å². The van der Waals surface area contributed by atoms with E-state index >= 15 is 0 Å². The van der Waals surface area contributed by atoms with Gasteiger partial charge in [-0.15, -0.1) is 0 Å². The van der Waals surface area contributed by atoms with Crippen molar-refractivity contribution in [2.75, 3.05) is 0 Å². The number of hydrogen-bond donors (Lipinski definition) is 0. The zero-order valence-corrected chi connectivity index (χ0v) is 9.99. The van der Waals surface area contributed by atoms with Gasteiger partial charge in [0.05, 0.1) is 0 Å². The van der Waals surface area contributed by atoms with Gasteiger partial charge in [-0.05, 0) is 24.3 Å². The second kappa shape index (κ2) is 4.64. The molecule has 0 atom stereocenters. The van der Waals surface area contributed by atoms with Crippen molar-refractivity contribution in [2.45, 2.75) is 0 Å². The molecule has 0 unspecified atom stereocenters. The Morgan fingerprint density at radius 3 is 2.67 bits per heavy atom. The third-order valence-corrected chi connectivity index (χ3v) is 2.41. The molecule has 76 valence electrons. The largest absolute Gasteiger partial charge is 0.439 e. The fourth-order valence-electron chi connectivity index (χ4n) is 1.10. The molecule has 0 aliphatic heterocycles. The highest BCUT2D eigenvalue weighted by molar-refractivity contribution is 9.10. The van der Waals surface area contributed by atoms with Gasteiger partial charge in [-0.2, -0.15) is 0 Å². The van der Waals surface area contributed by atoms with Gasteiger partial charge in [0.2, 0.25) is 5.88 Å². The smallest absolute Gasteiger partial charge is 0.220 e. The first kappa shape index (κ1) is 10.5. The van der Waals surface area contributed by atoms with Crippen LogP contribution in [0.15, 0.2) is 46.9 Å². The Labute approximate surface area is 101 Å². The van der Waals surface area contributed by atoms with Crippen LogP contribution in [0.25, 0.3) is 0 Å². The predicted octanol–water partition coefficient (Wildman–Crippen LogP) is 4.29. The van der Waals surface area contributed by atoms with Crippen molar-refractivity contribution < 1.29 is 4.74 Å². The highest BCUT2D eigenvalue weighted by Gasteiger charge is 1.99. The van der Waals surface area contributed by atoms with Crippen LogP contribution in [0.4, 0.5) is 0 Å². The first-order valence-electron chi connectivity index (χ1n) is 4.30. The van der Waals surface area contributed by atoms with Crippen molar-refractivity contribution in [1.82, 2.24) is 4.98 Å². The summed E-state index contributed by atoms with van der Waals surface area (Å²) in [5.41, 5.74) is 0. The van der Waals surface area contributed by atoms with Gasteiger partial charge in [0.1, 0.15) is 10.9 Å². The summed E-state index contributed by atoms with van der Waals surface area (Å²) >= 11 is 9.11. The molecular weight excluding hydrogens is 277 g/mol. The van der Waals surface area contributed by atoms with E-state index in [1.54, 1.807) is 18.2 Å². The predicted molar refractivity (Wildman–Crippen MR) is 63.5 cm³/mol. The van der Waals surface area contributed by atoms with Crippen molar-refractivity contribution in [1.29, 1.82) is 0 Å². The lowest BCUT2D eigenvalue weighted by molar-refractivity contribution is 0.463. The van der Waals surface area contributed by atoms with Gasteiger partial charge in [0, 0.05) is 10.5 Å². The minimum absolute atomic E-state index is 0.419. The second-order valence-corrected chi connectivity index (χ2v) is 4.16. The minimum atomic E-state index is 0.419. The molecule has 0 saturated carbocycles. The Morgan fingerprint density at radius 2 is 1.93 bits per heavy atom. The molecule has 0 bridgehead atoms. The summed E-state index contributed by atoms with van der Waals surface area (Å²) in [5.74, 6) is 1.21. The zero-order chi connectivity index (χ0) is 10.7. The van der Waals surface area contributed by atoms with Gasteiger partial charge in [-0.1, -0.05) is 39.7 Å². The minimum Gasteiger partial charge on any atom is -0.439 e. The molecule has 2 aromatic rings. The molecule has 2 rings (SSSR count). The van der Waals surface area contributed by atoms with Crippen LogP contribution in [0.3, 0.4) is 0 Å². The number of halogens is 2. The number of nitrogens with zero attached hydrogens (tertiary/aromatic N) is 1. The van der Waals surface area contributed by atoms with Crippen LogP contribution in [-0.2, 0) is 0 Å². The molecule has 1 aromatic heterocycles. The first-order valence-corrected chi connectivity index (χ1v) is 5.47. The van der Waals surface area contributed by atoms with Gasteiger partial charge in [-0.25, -0.2) is 4.98 Å². The Balaban J connectivity index is 2.22. The van der Waals surface area contributed by atoms with Crippen LogP contribution in [-0.4, -0.2) is 4.98 Å². The molecule has 0 fully saturated rings. The maximum absolute atomic E-state index is 5.74. The maximum atomic E-state index is 5.74. The van der Waals surface area contributed by atoms with Crippen molar-refractivity contribution in [3.8, 4) is 11.6 Å². The molecule has 2 nitrogen and oxygen atoms in total. The third kappa shape index (κ3) is 2.94. The first-order chi connectivity index (χ1) is 7.24. The summed E-state index contributed by atoms with van der Waals surface area (Å²) in [6.07, 6.45) is 0. The number of hydrogen-bond acceptors (Lipinski definition) is 2. The Hall–Kier alpha value is -1.06. The number of aromatic nitrogens is 1. The standard InChI is InChI=1S/C11H7BrClNO/c12-8-3-1-4-9(7-8)15-11-6-2-5-10(13)14-11/h1-7H. The summed E-state index contributed by atoms with van der Waals surface area (Å²) in [6.45, 7) is 0. The van der Waals surface area contributed by atoms with E-state index in [1.807, 2.05) is 24.3 Å². The summed E-state index contributed by atoms with van der Waals surface area (Å²) in [5, 5.41) is 0.419. The summed E-state index contributed by atoms with van der Waals surface area (Å²) < 4.78 is 6.47. The fourth-order valence-corrected chi connectivity index (χ4v) is 1.63. The van der Waals surface area contributed by atoms with Gasteiger partial charge < -0.3 is 4.74 Å². The summed E-state index contributed by atoms with van der Waals surface area (Å²) in [7, 11) is 0. The molecule has 0 radical (unpaired) electrons. The van der Waals surface area contributed by atoms with Crippen molar-refractivity contribution in [3.63, 3.8) is 0 Å². The van der Waals surface area contributed by atoms with Crippen LogP contribution in [0.2, 0.25) is 5.15 Å². The maximum Gasteiger partial charge on any atom is 0.220 e. The van der Waals surface area contributed by atoms with Crippen LogP contribution in [0.5, 0.6) is 11.6 Å². The molecule has 1 heterocycles. The van der Waals surface area contributed by atoms with Crippen molar-refractivity contribution in [3.05, 3.63) is 52.1 Å². The monoisotopic (exact) mass is 283 g/mol. The van der Waals surface area contributed by atoms with E-state index in [9.17, 15) is 0 Å². The normalized spacial score (nSPS) is 10.0. The number of pyridine rings is 1. The van der Waals surface area contributed by atoms with Crippen LogP contribution in [0, 0.1) is 0 Å². The third-order valence-electron chi connectivity index (χ3n) is 1.71. The molecule has 0 spiro atoms. The molecule has 4 heteroatoms. The number of rotatable bonds is 2. The molecule has 0 N–H and O–H groups in total. The lowest BCUT2D eigenvalue weighted by Gasteiger charge is -2.04. The quantitative estimate of drug-likeness (QED) is 0.768. The van der Waals surface area contributed by atoms with Gasteiger partial charge in [0.25, 0.3) is 0 Å². The van der Waals surface area contributed by atoms with Gasteiger partial charge in [-0.3, -0.25) is 0 Å². The van der Waals surface area contributed by atoms with Crippen molar-refractivity contribution in [2.24, 2.45) is 0 Å². The fraction of sp³-hybridized carbons (Fsp3) is 0. The lowest BCUT2D eigenvalue weighted by Crippen LogP contribution is -1.87. The molecular formula is C11H7BrClNO. The molecule has 0 saturated heterocycles. The molecule has 0 amide bonds. The van der Waals surface area contributed by atoms with Crippen molar-refractivity contribution >= 4 is 27.5 Å². The molecule has 0 aliphatic rings. The molecule has 15 heavy (non-hydrogen) atoms. The summed E-state index contributed by atoms with van der Waals surface area (Å²) in [4.78, 5) is 4.03. The Morgan fingerprint density at radius 1 is 1.13 bits per heavy atom. The van der Waals surface area contributed by atoms with Crippen LogP contribution < -0.4 is 4.74 Å². The Kier molecular flexibility index (Phi) is 3.23. The molecule has 1 aromatic carbocycles. The van der Waals surface area contributed by atoms with E-state index in [1.165, 1.54) is 0 Å². The number of ether oxygens (including phenoxy) is 1. The zero-order valence-electron chi connectivity index (χ0n) is 7.65. The van der Waals surface area contributed by atoms with E-state index in [4.69, 9.17) is 16.3 Å². The van der Waals surface area contributed by atoms with E-state index in [0.29, 0.717) is 11.0 Å². The highest BCUT2D eigenvalue weighted by Crippen LogP contribution is 2.23. The van der Waals surface area contributed by atoms with Gasteiger partial charge in [0.15, 0.2) is 0 Å². The summed E-state index contributed by atoms with van der Waals surface area (Å²) in [6, 6.07) is 12.8. The number of benzene rings is 1. The SMILES string of the molecule is Clc1cccc(Oc2cccc(Br)c2)n1. The highest BCUT2D eigenvalue weighted by atomic mass is 79.9. The topological polar surface area (TPSA) is 22.1 Å². The average Bonchev–Trinajstić information content (AvgIpc) is 2.17. The second-order valence-electron chi connectivity index (χ2n) is 2.86. The van der Waals surface area contributed by atoms with Gasteiger partial charge >= 0.3 is 0 Å². The van der Waals surface area contributed by atoms with E-state index in [0.717, 1.165) is 10.2 Å². The average molecular weight is 285 g/mol. The molecule has 0 aliphatic carbocycles. The van der Waals surface area contributed by atoms with E-state index in [2.05, 4.69) is 20.9 Å². The van der Waals surface area contributed by atoms with Crippen LogP contribution >= 0.6 is 27.5 Å².